The number of esters is 4. The van der Waals surface area contributed by atoms with Crippen LogP contribution < -0.4 is 0 Å². The van der Waals surface area contributed by atoms with E-state index in [0.717, 1.165) is 108 Å². The Hall–Kier alpha value is -1.94. The van der Waals surface area contributed by atoms with Crippen molar-refractivity contribution in [2.45, 2.75) is 401 Å². The summed E-state index contributed by atoms with van der Waals surface area (Å²) in [6, 6.07) is 0. The van der Waals surface area contributed by atoms with Gasteiger partial charge in [0, 0.05) is 25.7 Å². The van der Waals surface area contributed by atoms with E-state index in [-0.39, 0.29) is 25.7 Å². The quantitative estimate of drug-likeness (QED) is 0.0222. The summed E-state index contributed by atoms with van der Waals surface area (Å²) in [5, 5.41) is 10.6. The normalized spacial score (nSPS) is 14.4. The van der Waals surface area contributed by atoms with Crippen LogP contribution in [0.2, 0.25) is 0 Å². The zero-order valence-electron chi connectivity index (χ0n) is 61.4. The Kier molecular flexibility index (Phi) is 64.3. The van der Waals surface area contributed by atoms with Gasteiger partial charge in [0.15, 0.2) is 12.2 Å². The molecule has 6 atom stereocenters. The molecule has 0 fully saturated rings. The average Bonchev–Trinajstić information content (AvgIpc) is 1.26. The van der Waals surface area contributed by atoms with Crippen LogP contribution in [0, 0.1) is 17.8 Å². The second-order valence-electron chi connectivity index (χ2n) is 28.2. The lowest BCUT2D eigenvalue weighted by molar-refractivity contribution is -0.161. The van der Waals surface area contributed by atoms with Crippen LogP contribution in [0.5, 0.6) is 0 Å². The van der Waals surface area contributed by atoms with Gasteiger partial charge in [-0.3, -0.25) is 37.3 Å². The number of rotatable bonds is 73. The molecular weight excluding hydrogens is 1230 g/mol. The molecule has 17 nitrogen and oxygen atoms in total. The van der Waals surface area contributed by atoms with Crippen molar-refractivity contribution in [3.05, 3.63) is 0 Å². The molecular formula is C75H146O17P2. The number of phosphoric acid groups is 2. The van der Waals surface area contributed by atoms with Crippen LogP contribution in [-0.4, -0.2) is 96.7 Å². The number of aliphatic hydroxyl groups is 1. The monoisotopic (exact) mass is 1380 g/mol. The van der Waals surface area contributed by atoms with Crippen LogP contribution in [0.1, 0.15) is 382 Å². The standard InChI is InChI=1S/C75H146O17P2/c1-8-10-11-12-13-14-27-35-42-49-56-72(77)85-63-71(92-75(80)59-52-45-38-31-30-34-41-48-55-68(7)9-2)65-90-94(83,84)88-61-69(76)60-87-93(81,82)89-64-70(62-86-73(78)57-50-43-36-28-24-23-26-33-40-47-54-67(5)6)91-74(79)58-51-44-37-29-22-20-18-16-15-17-19-21-25-32-39-46-53-66(3)4/h66-71,76H,8-65H2,1-7H3,(H,81,82)(H,83,84)/t68?,69-,70-,71-/m1/s1. The lowest BCUT2D eigenvalue weighted by atomic mass is 9.99. The van der Waals surface area contributed by atoms with E-state index in [1.165, 1.54) is 193 Å². The van der Waals surface area contributed by atoms with Gasteiger partial charge in [-0.15, -0.1) is 0 Å². The summed E-state index contributed by atoms with van der Waals surface area (Å²) in [7, 11) is -9.91. The molecule has 0 rings (SSSR count). The first-order valence-electron chi connectivity index (χ1n) is 38.9. The lowest BCUT2D eigenvalue weighted by Crippen LogP contribution is -2.30. The minimum Gasteiger partial charge on any atom is -0.462 e. The third-order valence-corrected chi connectivity index (χ3v) is 19.6. The summed E-state index contributed by atoms with van der Waals surface area (Å²) < 4.78 is 68.5. The Morgan fingerprint density at radius 2 is 0.543 bits per heavy atom. The maximum Gasteiger partial charge on any atom is 0.472 e. The molecule has 0 aliphatic heterocycles. The zero-order valence-corrected chi connectivity index (χ0v) is 63.2. The van der Waals surface area contributed by atoms with E-state index in [1.807, 2.05) is 0 Å². The van der Waals surface area contributed by atoms with Crippen molar-refractivity contribution in [3.63, 3.8) is 0 Å². The Morgan fingerprint density at radius 3 is 0.809 bits per heavy atom. The average molecular weight is 1380 g/mol. The summed E-state index contributed by atoms with van der Waals surface area (Å²) in [5.74, 6) is 0.217. The van der Waals surface area contributed by atoms with Crippen molar-refractivity contribution in [1.82, 2.24) is 0 Å². The van der Waals surface area contributed by atoms with Crippen LogP contribution >= 0.6 is 15.6 Å². The van der Waals surface area contributed by atoms with Crippen molar-refractivity contribution in [2.75, 3.05) is 39.6 Å². The molecule has 0 aliphatic rings. The van der Waals surface area contributed by atoms with Gasteiger partial charge < -0.3 is 33.8 Å². The highest BCUT2D eigenvalue weighted by molar-refractivity contribution is 7.47. The summed E-state index contributed by atoms with van der Waals surface area (Å²) in [5.41, 5.74) is 0. The number of hydrogen-bond donors (Lipinski definition) is 3. The van der Waals surface area contributed by atoms with Crippen molar-refractivity contribution < 1.29 is 80.2 Å². The maximum atomic E-state index is 13.1. The fourth-order valence-electron chi connectivity index (χ4n) is 11.4. The number of aliphatic hydroxyl groups excluding tert-OH is 1. The Balaban J connectivity index is 5.23. The molecule has 0 aliphatic carbocycles. The van der Waals surface area contributed by atoms with E-state index in [4.69, 9.17) is 37.0 Å². The number of unbranched alkanes of at least 4 members (excludes halogenated alkanes) is 40. The topological polar surface area (TPSA) is 237 Å². The number of phosphoric ester groups is 2. The van der Waals surface area contributed by atoms with E-state index < -0.39 is 97.5 Å². The number of carbonyl (C=O) groups is 4. The molecule has 94 heavy (non-hydrogen) atoms. The summed E-state index contributed by atoms with van der Waals surface area (Å²) >= 11 is 0. The molecule has 0 aromatic carbocycles. The summed E-state index contributed by atoms with van der Waals surface area (Å²) in [6.07, 6.45) is 51.3. The summed E-state index contributed by atoms with van der Waals surface area (Å²) in [6.45, 7) is 11.9. The zero-order chi connectivity index (χ0) is 69.4. The predicted octanol–water partition coefficient (Wildman–Crippen LogP) is 21.8. The van der Waals surface area contributed by atoms with Crippen LogP contribution in [0.25, 0.3) is 0 Å². The third kappa shape index (κ3) is 67.3. The second-order valence-corrected chi connectivity index (χ2v) is 31.1. The fourth-order valence-corrected chi connectivity index (χ4v) is 13.0. The van der Waals surface area contributed by atoms with E-state index in [2.05, 4.69) is 48.5 Å². The fraction of sp³-hybridized carbons (Fsp3) is 0.947. The van der Waals surface area contributed by atoms with Crippen molar-refractivity contribution in [2.24, 2.45) is 17.8 Å². The minimum absolute atomic E-state index is 0.105. The Morgan fingerprint density at radius 1 is 0.309 bits per heavy atom. The van der Waals surface area contributed by atoms with Crippen LogP contribution in [0.15, 0.2) is 0 Å². The van der Waals surface area contributed by atoms with E-state index in [1.54, 1.807) is 0 Å². The predicted molar refractivity (Wildman–Crippen MR) is 381 cm³/mol. The van der Waals surface area contributed by atoms with E-state index in [0.29, 0.717) is 25.7 Å². The van der Waals surface area contributed by atoms with Crippen molar-refractivity contribution >= 4 is 39.5 Å². The smallest absolute Gasteiger partial charge is 0.462 e. The summed E-state index contributed by atoms with van der Waals surface area (Å²) in [4.78, 5) is 72.7. The highest BCUT2D eigenvalue weighted by atomic mass is 31.2. The first-order valence-corrected chi connectivity index (χ1v) is 41.9. The van der Waals surface area contributed by atoms with Crippen LogP contribution in [-0.2, 0) is 65.4 Å². The number of hydrogen-bond acceptors (Lipinski definition) is 15. The number of carbonyl (C=O) groups excluding carboxylic acids is 4. The van der Waals surface area contributed by atoms with Gasteiger partial charge in [-0.25, -0.2) is 9.13 Å². The first kappa shape index (κ1) is 92.1. The minimum atomic E-state index is -4.96. The van der Waals surface area contributed by atoms with Gasteiger partial charge in [-0.1, -0.05) is 331 Å². The third-order valence-electron chi connectivity index (χ3n) is 17.7. The molecule has 0 saturated heterocycles. The molecule has 0 amide bonds. The van der Waals surface area contributed by atoms with Gasteiger partial charge in [0.2, 0.25) is 0 Å². The highest BCUT2D eigenvalue weighted by Crippen LogP contribution is 2.45. The lowest BCUT2D eigenvalue weighted by Gasteiger charge is -2.21. The molecule has 0 radical (unpaired) electrons. The molecule has 0 bridgehead atoms. The van der Waals surface area contributed by atoms with E-state index >= 15 is 0 Å². The van der Waals surface area contributed by atoms with Gasteiger partial charge in [0.1, 0.15) is 19.3 Å². The van der Waals surface area contributed by atoms with E-state index in [9.17, 15) is 43.2 Å². The molecule has 0 aromatic rings. The first-order chi connectivity index (χ1) is 45.3. The van der Waals surface area contributed by atoms with Gasteiger partial charge in [-0.2, -0.15) is 0 Å². The van der Waals surface area contributed by atoms with Crippen molar-refractivity contribution in [3.8, 4) is 0 Å². The molecule has 19 heteroatoms. The maximum absolute atomic E-state index is 13.1. The molecule has 3 N–H and O–H groups in total. The molecule has 0 heterocycles. The largest absolute Gasteiger partial charge is 0.472 e. The molecule has 0 aromatic heterocycles. The highest BCUT2D eigenvalue weighted by Gasteiger charge is 2.30. The van der Waals surface area contributed by atoms with Crippen molar-refractivity contribution in [1.29, 1.82) is 0 Å². The van der Waals surface area contributed by atoms with Gasteiger partial charge in [0.05, 0.1) is 26.4 Å². The Labute approximate surface area is 575 Å². The van der Waals surface area contributed by atoms with Crippen LogP contribution in [0.4, 0.5) is 0 Å². The second kappa shape index (κ2) is 65.7. The number of ether oxygens (including phenoxy) is 4. The SMILES string of the molecule is CCCCCCCCCCCCC(=O)OC[C@H](COP(=O)(O)OC[C@H](O)COP(=O)(O)OC[C@@H](COC(=O)CCCCCCCCCCCCC(C)C)OC(=O)CCCCCCCCCCCCCCCCCCC(C)C)OC(=O)CCCCCCCCCCC(C)CC. The van der Waals surface area contributed by atoms with Crippen LogP contribution in [0.3, 0.4) is 0 Å². The van der Waals surface area contributed by atoms with Gasteiger partial charge in [-0.05, 0) is 43.4 Å². The van der Waals surface area contributed by atoms with Gasteiger partial charge >= 0.3 is 39.5 Å². The van der Waals surface area contributed by atoms with Gasteiger partial charge in [0.25, 0.3) is 0 Å². The molecule has 558 valence electrons. The molecule has 0 spiro atoms. The molecule has 3 unspecified atom stereocenters. The Bertz CT molecular complexity index is 1840. The molecule has 0 saturated carbocycles.